The molecule has 8 heteroatoms. The molecule has 1 aliphatic carbocycles. The van der Waals surface area contributed by atoms with Crippen molar-refractivity contribution in [2.75, 3.05) is 13.7 Å². The lowest BCUT2D eigenvalue weighted by Crippen LogP contribution is -2.29. The second kappa shape index (κ2) is 10.9. The summed E-state index contributed by atoms with van der Waals surface area (Å²) in [5.41, 5.74) is 6.98. The lowest BCUT2D eigenvalue weighted by atomic mass is 10.0. The van der Waals surface area contributed by atoms with E-state index in [1.54, 1.807) is 18.2 Å². The average Bonchev–Trinajstić information content (AvgIpc) is 3.53. The van der Waals surface area contributed by atoms with Crippen LogP contribution in [0.2, 0.25) is 0 Å². The van der Waals surface area contributed by atoms with Crippen molar-refractivity contribution in [3.05, 3.63) is 107 Å². The van der Waals surface area contributed by atoms with Crippen molar-refractivity contribution in [1.29, 1.82) is 0 Å². The number of fused-ring (bicyclic) bond motifs is 2. The predicted molar refractivity (Wildman–Crippen MR) is 149 cm³/mol. The fraction of sp³-hybridized carbons (Fsp3) is 0.233. The average molecular weight is 530 g/mol. The summed E-state index contributed by atoms with van der Waals surface area (Å²) < 4.78 is 28.1. The van der Waals surface area contributed by atoms with Crippen LogP contribution in [-0.2, 0) is 38.9 Å². The molecule has 3 N–H and O–H groups in total. The molecule has 0 aliphatic heterocycles. The van der Waals surface area contributed by atoms with Gasteiger partial charge < -0.3 is 9.72 Å². The summed E-state index contributed by atoms with van der Waals surface area (Å²) in [7, 11) is -2.36. The van der Waals surface area contributed by atoms with Crippen molar-refractivity contribution < 1.29 is 17.9 Å². The van der Waals surface area contributed by atoms with Gasteiger partial charge in [0.05, 0.1) is 12.0 Å². The SMILES string of the molecule is COC(=O)/C=C/c1ccc2c(c1)CCC2N(CCc1c[nH]c2ccccc12)Cc1ccc(S(N)(=O)=O)cc1. The molecule has 38 heavy (non-hydrogen) atoms. The van der Waals surface area contributed by atoms with E-state index in [1.807, 2.05) is 24.3 Å². The van der Waals surface area contributed by atoms with E-state index in [9.17, 15) is 13.2 Å². The van der Waals surface area contributed by atoms with Gasteiger partial charge in [0.2, 0.25) is 10.0 Å². The first-order valence-corrected chi connectivity index (χ1v) is 14.2. The number of hydrogen-bond donors (Lipinski definition) is 2. The van der Waals surface area contributed by atoms with Crippen LogP contribution in [0, 0.1) is 0 Å². The smallest absolute Gasteiger partial charge is 0.330 e. The number of esters is 1. The van der Waals surface area contributed by atoms with E-state index < -0.39 is 10.0 Å². The van der Waals surface area contributed by atoms with E-state index in [-0.39, 0.29) is 16.9 Å². The number of nitrogens with one attached hydrogen (secondary N) is 1. The zero-order chi connectivity index (χ0) is 26.7. The molecule has 0 radical (unpaired) electrons. The topological polar surface area (TPSA) is 105 Å². The summed E-state index contributed by atoms with van der Waals surface area (Å²) in [5, 5.41) is 6.53. The van der Waals surface area contributed by atoms with Crippen LogP contribution in [0.1, 0.15) is 40.3 Å². The third-order valence-corrected chi connectivity index (χ3v) is 8.18. The van der Waals surface area contributed by atoms with Crippen LogP contribution >= 0.6 is 0 Å². The Morgan fingerprint density at radius 1 is 1.13 bits per heavy atom. The normalized spacial score (nSPS) is 15.4. The number of benzene rings is 3. The number of methoxy groups -OCH3 is 1. The minimum atomic E-state index is -3.73. The summed E-state index contributed by atoms with van der Waals surface area (Å²) in [6.07, 6.45) is 8.13. The number of para-hydroxylation sites is 1. The Hall–Kier alpha value is -3.72. The van der Waals surface area contributed by atoms with Gasteiger partial charge in [-0.05, 0) is 71.4 Å². The standard InChI is InChI=1S/C30H31N3O4S/c1-37-30(34)15-9-21-8-13-27-23(18-21)10-14-29(27)33(20-22-6-11-25(12-7-22)38(31,35)36)17-16-24-19-32-28-5-3-2-4-26(24)28/h2-9,11-13,15,18-19,29,32H,10,14,16-17,20H2,1H3,(H2,31,35,36)/b15-9+. The van der Waals surface area contributed by atoms with Crippen LogP contribution in [0.15, 0.2) is 83.9 Å². The molecule has 0 spiro atoms. The van der Waals surface area contributed by atoms with Crippen LogP contribution in [0.4, 0.5) is 0 Å². The Morgan fingerprint density at radius 2 is 1.92 bits per heavy atom. The second-order valence-electron chi connectivity index (χ2n) is 9.64. The second-order valence-corrected chi connectivity index (χ2v) is 11.2. The molecular weight excluding hydrogens is 498 g/mol. The van der Waals surface area contributed by atoms with Crippen LogP contribution in [0.5, 0.6) is 0 Å². The molecule has 0 saturated carbocycles. The highest BCUT2D eigenvalue weighted by Gasteiger charge is 2.28. The largest absolute Gasteiger partial charge is 0.466 e. The molecule has 0 amide bonds. The fourth-order valence-electron chi connectivity index (χ4n) is 5.30. The van der Waals surface area contributed by atoms with Crippen molar-refractivity contribution in [1.82, 2.24) is 9.88 Å². The molecule has 1 unspecified atom stereocenters. The van der Waals surface area contributed by atoms with Gasteiger partial charge in [-0.2, -0.15) is 0 Å². The predicted octanol–water partition coefficient (Wildman–Crippen LogP) is 4.73. The monoisotopic (exact) mass is 529 g/mol. The lowest BCUT2D eigenvalue weighted by molar-refractivity contribution is -0.134. The number of H-pyrrole nitrogens is 1. The molecule has 0 saturated heterocycles. The van der Waals surface area contributed by atoms with E-state index in [0.29, 0.717) is 6.54 Å². The molecule has 1 aliphatic rings. The maximum Gasteiger partial charge on any atom is 0.330 e. The maximum atomic E-state index is 11.7. The van der Waals surface area contributed by atoms with Crippen LogP contribution in [0.25, 0.3) is 17.0 Å². The van der Waals surface area contributed by atoms with Crippen molar-refractivity contribution in [3.8, 4) is 0 Å². The number of sulfonamides is 1. The molecule has 4 aromatic rings. The summed E-state index contributed by atoms with van der Waals surface area (Å²) in [4.78, 5) is 17.5. The van der Waals surface area contributed by atoms with E-state index in [0.717, 1.165) is 42.5 Å². The number of hydrogen-bond acceptors (Lipinski definition) is 5. The molecular formula is C30H31N3O4S. The van der Waals surface area contributed by atoms with Gasteiger partial charge in [0.15, 0.2) is 0 Å². The minimum absolute atomic E-state index is 0.116. The Balaban J connectivity index is 1.41. The highest BCUT2D eigenvalue weighted by molar-refractivity contribution is 7.89. The third-order valence-electron chi connectivity index (χ3n) is 7.25. The zero-order valence-corrected chi connectivity index (χ0v) is 22.1. The number of carbonyl (C=O) groups is 1. The summed E-state index contributed by atoms with van der Waals surface area (Å²) >= 11 is 0. The van der Waals surface area contributed by atoms with Gasteiger partial charge in [-0.25, -0.2) is 18.4 Å². The number of aryl methyl sites for hydroxylation is 1. The van der Waals surface area contributed by atoms with Crippen LogP contribution in [-0.4, -0.2) is 37.9 Å². The Morgan fingerprint density at radius 3 is 2.68 bits per heavy atom. The van der Waals surface area contributed by atoms with Crippen molar-refractivity contribution >= 4 is 33.0 Å². The number of aromatic nitrogens is 1. The Bertz CT molecular complexity index is 1590. The zero-order valence-electron chi connectivity index (χ0n) is 21.3. The Kier molecular flexibility index (Phi) is 7.46. The van der Waals surface area contributed by atoms with Crippen LogP contribution < -0.4 is 5.14 Å². The fourth-order valence-corrected chi connectivity index (χ4v) is 5.81. The molecule has 0 fully saturated rings. The molecule has 1 atom stereocenters. The molecule has 1 heterocycles. The molecule has 196 valence electrons. The van der Waals surface area contributed by atoms with E-state index >= 15 is 0 Å². The third kappa shape index (κ3) is 5.72. The number of nitrogens with two attached hydrogens (primary N) is 1. The van der Waals surface area contributed by atoms with Gasteiger partial charge in [-0.15, -0.1) is 0 Å². The van der Waals surface area contributed by atoms with Gasteiger partial charge in [0.25, 0.3) is 0 Å². The maximum absolute atomic E-state index is 11.7. The van der Waals surface area contributed by atoms with Gasteiger partial charge in [-0.1, -0.05) is 48.5 Å². The summed E-state index contributed by atoms with van der Waals surface area (Å²) in [6, 6.07) is 21.7. The van der Waals surface area contributed by atoms with Crippen molar-refractivity contribution in [2.24, 2.45) is 5.14 Å². The first-order valence-electron chi connectivity index (χ1n) is 12.6. The van der Waals surface area contributed by atoms with Crippen molar-refractivity contribution in [3.63, 3.8) is 0 Å². The van der Waals surface area contributed by atoms with Crippen molar-refractivity contribution in [2.45, 2.75) is 36.7 Å². The van der Waals surface area contributed by atoms with Crippen LogP contribution in [0.3, 0.4) is 0 Å². The summed E-state index contributed by atoms with van der Waals surface area (Å²) in [5.74, 6) is -0.375. The van der Waals surface area contributed by atoms with E-state index in [4.69, 9.17) is 9.88 Å². The highest BCUT2D eigenvalue weighted by atomic mass is 32.2. The quantitative estimate of drug-likeness (QED) is 0.241. The number of nitrogens with zero attached hydrogens (tertiary/aromatic N) is 1. The van der Waals surface area contributed by atoms with Gasteiger partial charge in [0, 0.05) is 42.3 Å². The number of aromatic amines is 1. The first kappa shape index (κ1) is 25.9. The van der Waals surface area contributed by atoms with Gasteiger partial charge in [0.1, 0.15) is 0 Å². The number of carbonyl (C=O) groups excluding carboxylic acids is 1. The molecule has 0 bridgehead atoms. The number of ether oxygens (including phenoxy) is 1. The molecule has 5 rings (SSSR count). The molecule has 1 aromatic heterocycles. The molecule has 3 aromatic carbocycles. The van der Waals surface area contributed by atoms with E-state index in [1.165, 1.54) is 35.3 Å². The lowest BCUT2D eigenvalue weighted by Gasteiger charge is -2.30. The summed E-state index contributed by atoms with van der Waals surface area (Å²) in [6.45, 7) is 1.52. The number of rotatable bonds is 9. The van der Waals surface area contributed by atoms with Gasteiger partial charge >= 0.3 is 5.97 Å². The van der Waals surface area contributed by atoms with Gasteiger partial charge in [-0.3, -0.25) is 4.90 Å². The Labute approximate surface area is 223 Å². The van der Waals surface area contributed by atoms with E-state index in [2.05, 4.69) is 46.4 Å². The minimum Gasteiger partial charge on any atom is -0.466 e. The highest BCUT2D eigenvalue weighted by Crippen LogP contribution is 2.37. The number of primary sulfonamides is 1. The first-order chi connectivity index (χ1) is 18.3. The molecule has 7 nitrogen and oxygen atoms in total.